The molecule has 1 aromatic carbocycles. The second-order valence-electron chi connectivity index (χ2n) is 6.48. The second-order valence-corrected chi connectivity index (χ2v) is 6.48. The number of hydrogen-bond donors (Lipinski definition) is 1. The second kappa shape index (κ2) is 5.72. The summed E-state index contributed by atoms with van der Waals surface area (Å²) in [6, 6.07) is 5.19. The van der Waals surface area contributed by atoms with Gasteiger partial charge in [-0.3, -0.25) is 4.79 Å². The predicted molar refractivity (Wildman–Crippen MR) is 80.7 cm³/mol. The molecular weight excluding hydrogens is 282 g/mol. The van der Waals surface area contributed by atoms with E-state index in [-0.39, 0.29) is 11.5 Å². The van der Waals surface area contributed by atoms with Crippen molar-refractivity contribution in [3.05, 3.63) is 34.9 Å². The zero-order chi connectivity index (χ0) is 15.7. The van der Waals surface area contributed by atoms with Crippen LogP contribution in [0.15, 0.2) is 18.2 Å². The SMILES string of the molecule is CC1(C(=O)N2CCc3ccc(C(=O)O)cc3C2)CCCOC1. The third-order valence-corrected chi connectivity index (χ3v) is 4.71. The Morgan fingerprint density at radius 1 is 1.32 bits per heavy atom. The molecule has 1 aromatic rings. The van der Waals surface area contributed by atoms with Gasteiger partial charge in [-0.25, -0.2) is 4.79 Å². The summed E-state index contributed by atoms with van der Waals surface area (Å²) in [6.45, 7) is 4.36. The molecule has 22 heavy (non-hydrogen) atoms. The number of carbonyl (C=O) groups is 2. The molecule has 1 unspecified atom stereocenters. The molecule has 1 atom stereocenters. The molecule has 0 aliphatic carbocycles. The highest BCUT2D eigenvalue weighted by molar-refractivity contribution is 5.88. The van der Waals surface area contributed by atoms with Gasteiger partial charge in [0, 0.05) is 19.7 Å². The molecule has 5 nitrogen and oxygen atoms in total. The van der Waals surface area contributed by atoms with E-state index >= 15 is 0 Å². The zero-order valence-corrected chi connectivity index (χ0v) is 12.8. The molecule has 2 heterocycles. The number of rotatable bonds is 2. The number of carboxylic acid groups (broad SMARTS) is 1. The van der Waals surface area contributed by atoms with Gasteiger partial charge in [0.1, 0.15) is 0 Å². The maximum atomic E-state index is 12.8. The monoisotopic (exact) mass is 303 g/mol. The van der Waals surface area contributed by atoms with Crippen LogP contribution in [0, 0.1) is 5.41 Å². The van der Waals surface area contributed by atoms with Gasteiger partial charge in [0.25, 0.3) is 0 Å². The van der Waals surface area contributed by atoms with Gasteiger partial charge < -0.3 is 14.7 Å². The van der Waals surface area contributed by atoms with Crippen molar-refractivity contribution >= 4 is 11.9 Å². The fourth-order valence-electron chi connectivity index (χ4n) is 3.35. The van der Waals surface area contributed by atoms with E-state index in [1.807, 2.05) is 17.9 Å². The predicted octanol–water partition coefficient (Wildman–Crippen LogP) is 2.09. The van der Waals surface area contributed by atoms with Gasteiger partial charge in [-0.05, 0) is 49.4 Å². The Bertz CT molecular complexity index is 605. The Morgan fingerprint density at radius 2 is 2.14 bits per heavy atom. The Kier molecular flexibility index (Phi) is 3.91. The summed E-state index contributed by atoms with van der Waals surface area (Å²) in [4.78, 5) is 25.8. The van der Waals surface area contributed by atoms with Crippen LogP contribution in [0.1, 0.15) is 41.3 Å². The molecule has 3 rings (SSSR count). The number of amides is 1. The lowest BCUT2D eigenvalue weighted by atomic mass is 9.82. The molecule has 1 saturated heterocycles. The number of ether oxygens (including phenoxy) is 1. The first-order chi connectivity index (χ1) is 10.5. The van der Waals surface area contributed by atoms with E-state index in [1.165, 1.54) is 0 Å². The van der Waals surface area contributed by atoms with Crippen molar-refractivity contribution < 1.29 is 19.4 Å². The Labute approximate surface area is 129 Å². The van der Waals surface area contributed by atoms with Crippen LogP contribution >= 0.6 is 0 Å². The van der Waals surface area contributed by atoms with Crippen LogP contribution in [-0.2, 0) is 22.5 Å². The quantitative estimate of drug-likeness (QED) is 0.908. The Hall–Kier alpha value is -1.88. The van der Waals surface area contributed by atoms with E-state index in [0.717, 1.165) is 37.0 Å². The summed E-state index contributed by atoms with van der Waals surface area (Å²) in [5.74, 6) is -0.808. The molecule has 1 fully saturated rings. The lowest BCUT2D eigenvalue weighted by Gasteiger charge is -2.39. The summed E-state index contributed by atoms with van der Waals surface area (Å²) in [5.41, 5.74) is 1.92. The Balaban J connectivity index is 1.79. The average Bonchev–Trinajstić information content (AvgIpc) is 2.53. The van der Waals surface area contributed by atoms with Crippen molar-refractivity contribution in [3.63, 3.8) is 0 Å². The maximum absolute atomic E-state index is 12.8. The lowest BCUT2D eigenvalue weighted by Crippen LogP contribution is -2.48. The van der Waals surface area contributed by atoms with Crippen LogP contribution < -0.4 is 0 Å². The molecule has 0 saturated carbocycles. The fraction of sp³-hybridized carbons (Fsp3) is 0.529. The minimum absolute atomic E-state index is 0.124. The van der Waals surface area contributed by atoms with Crippen molar-refractivity contribution in [2.24, 2.45) is 5.41 Å². The van der Waals surface area contributed by atoms with Crippen molar-refractivity contribution in [3.8, 4) is 0 Å². The summed E-state index contributed by atoms with van der Waals surface area (Å²) < 4.78 is 5.49. The van der Waals surface area contributed by atoms with E-state index in [2.05, 4.69) is 0 Å². The molecule has 0 spiro atoms. The number of nitrogens with zero attached hydrogens (tertiary/aromatic N) is 1. The molecule has 1 N–H and O–H groups in total. The number of carboxylic acids is 1. The van der Waals surface area contributed by atoms with E-state index < -0.39 is 11.4 Å². The normalized spacial score (nSPS) is 24.7. The number of benzene rings is 1. The fourth-order valence-corrected chi connectivity index (χ4v) is 3.35. The third kappa shape index (κ3) is 2.73. The molecule has 2 aliphatic rings. The largest absolute Gasteiger partial charge is 0.478 e. The molecule has 5 heteroatoms. The van der Waals surface area contributed by atoms with Crippen LogP contribution in [0.25, 0.3) is 0 Å². The van der Waals surface area contributed by atoms with E-state index in [4.69, 9.17) is 9.84 Å². The highest BCUT2D eigenvalue weighted by Gasteiger charge is 2.39. The van der Waals surface area contributed by atoms with Crippen molar-refractivity contribution in [1.82, 2.24) is 4.90 Å². The van der Waals surface area contributed by atoms with Gasteiger partial charge in [0.05, 0.1) is 17.6 Å². The van der Waals surface area contributed by atoms with Gasteiger partial charge in [0.15, 0.2) is 0 Å². The van der Waals surface area contributed by atoms with E-state index in [0.29, 0.717) is 19.7 Å². The summed E-state index contributed by atoms with van der Waals surface area (Å²) >= 11 is 0. The smallest absolute Gasteiger partial charge is 0.335 e. The molecular formula is C17H21NO4. The molecule has 1 amide bonds. The zero-order valence-electron chi connectivity index (χ0n) is 12.8. The maximum Gasteiger partial charge on any atom is 0.335 e. The van der Waals surface area contributed by atoms with Crippen LogP contribution in [0.3, 0.4) is 0 Å². The van der Waals surface area contributed by atoms with Gasteiger partial charge >= 0.3 is 5.97 Å². The molecule has 0 aromatic heterocycles. The lowest BCUT2D eigenvalue weighted by molar-refractivity contribution is -0.149. The first kappa shape index (κ1) is 15.0. The highest BCUT2D eigenvalue weighted by Crippen LogP contribution is 2.32. The van der Waals surface area contributed by atoms with Crippen LogP contribution in [0.2, 0.25) is 0 Å². The minimum Gasteiger partial charge on any atom is -0.478 e. The minimum atomic E-state index is -0.932. The molecule has 0 radical (unpaired) electrons. The van der Waals surface area contributed by atoms with Gasteiger partial charge in [-0.2, -0.15) is 0 Å². The van der Waals surface area contributed by atoms with E-state index in [1.54, 1.807) is 12.1 Å². The molecule has 0 bridgehead atoms. The Morgan fingerprint density at radius 3 is 2.82 bits per heavy atom. The standard InChI is InChI=1S/C17H21NO4/c1-17(6-2-8-22-11-17)16(21)18-7-5-12-3-4-13(15(19)20)9-14(12)10-18/h3-4,9H,2,5-8,10-11H2,1H3,(H,19,20). The van der Waals surface area contributed by atoms with Crippen molar-refractivity contribution in [1.29, 1.82) is 0 Å². The average molecular weight is 303 g/mol. The summed E-state index contributed by atoms with van der Waals surface area (Å²) in [7, 11) is 0. The van der Waals surface area contributed by atoms with Gasteiger partial charge in [-0.15, -0.1) is 0 Å². The third-order valence-electron chi connectivity index (χ3n) is 4.71. The van der Waals surface area contributed by atoms with Crippen LogP contribution in [0.4, 0.5) is 0 Å². The number of fused-ring (bicyclic) bond motifs is 1. The highest BCUT2D eigenvalue weighted by atomic mass is 16.5. The van der Waals surface area contributed by atoms with Crippen LogP contribution in [-0.4, -0.2) is 41.6 Å². The number of aromatic carboxylic acids is 1. The van der Waals surface area contributed by atoms with Crippen molar-refractivity contribution in [2.75, 3.05) is 19.8 Å². The first-order valence-electron chi connectivity index (χ1n) is 7.72. The topological polar surface area (TPSA) is 66.8 Å². The van der Waals surface area contributed by atoms with E-state index in [9.17, 15) is 9.59 Å². The molecule has 118 valence electrons. The summed E-state index contributed by atoms with van der Waals surface area (Å²) in [5, 5.41) is 9.11. The molecule has 2 aliphatic heterocycles. The first-order valence-corrected chi connectivity index (χ1v) is 7.72. The van der Waals surface area contributed by atoms with Crippen LogP contribution in [0.5, 0.6) is 0 Å². The van der Waals surface area contributed by atoms with Gasteiger partial charge in [0.2, 0.25) is 5.91 Å². The number of hydrogen-bond acceptors (Lipinski definition) is 3. The summed E-state index contributed by atoms with van der Waals surface area (Å²) in [6.07, 6.45) is 2.54. The van der Waals surface area contributed by atoms with Crippen molar-refractivity contribution in [2.45, 2.75) is 32.7 Å². The number of carbonyl (C=O) groups excluding carboxylic acids is 1. The van der Waals surface area contributed by atoms with Gasteiger partial charge in [-0.1, -0.05) is 6.07 Å².